The van der Waals surface area contributed by atoms with Crippen LogP contribution in [0.1, 0.15) is 57.3 Å². The van der Waals surface area contributed by atoms with Crippen LogP contribution >= 0.6 is 11.3 Å². The van der Waals surface area contributed by atoms with E-state index in [1.165, 1.54) is 0 Å². The Morgan fingerprint density at radius 1 is 1.53 bits per heavy atom. The monoisotopic (exact) mass is 252 g/mol. The maximum atomic E-state index is 10.1. The van der Waals surface area contributed by atoms with Crippen LogP contribution in [-0.2, 0) is 5.41 Å². The summed E-state index contributed by atoms with van der Waals surface area (Å²) in [6, 6.07) is 2.16. The number of aliphatic hydroxyl groups excluding tert-OH is 1. The zero-order chi connectivity index (χ0) is 13.1. The number of thiazole rings is 1. The molecule has 0 saturated heterocycles. The van der Waals surface area contributed by atoms with Crippen molar-refractivity contribution >= 4 is 11.3 Å². The molecule has 1 heterocycles. The molecule has 0 aliphatic rings. The summed E-state index contributed by atoms with van der Waals surface area (Å²) in [5.74, 6) is -0.352. The van der Waals surface area contributed by atoms with Gasteiger partial charge in [-0.2, -0.15) is 5.26 Å². The van der Waals surface area contributed by atoms with Crippen molar-refractivity contribution in [3.8, 4) is 6.07 Å². The summed E-state index contributed by atoms with van der Waals surface area (Å²) in [6.45, 7) is 8.29. The van der Waals surface area contributed by atoms with Gasteiger partial charge in [-0.1, -0.05) is 34.1 Å². The number of hydrogen-bond donors (Lipinski definition) is 1. The Kier molecular flexibility index (Phi) is 4.67. The normalized spacial score (nSPS) is 15.3. The topological polar surface area (TPSA) is 56.9 Å². The first-order valence-corrected chi connectivity index (χ1v) is 6.81. The molecule has 0 aliphatic heterocycles. The summed E-state index contributed by atoms with van der Waals surface area (Å²) in [4.78, 5) is 4.45. The van der Waals surface area contributed by atoms with Crippen LogP contribution < -0.4 is 0 Å². The van der Waals surface area contributed by atoms with E-state index in [1.807, 2.05) is 12.3 Å². The van der Waals surface area contributed by atoms with Gasteiger partial charge in [0.25, 0.3) is 0 Å². The van der Waals surface area contributed by atoms with Crippen molar-refractivity contribution in [3.05, 3.63) is 16.1 Å². The van der Waals surface area contributed by atoms with E-state index < -0.39 is 6.10 Å². The first-order valence-electron chi connectivity index (χ1n) is 5.93. The van der Waals surface area contributed by atoms with Crippen molar-refractivity contribution in [3.63, 3.8) is 0 Å². The summed E-state index contributed by atoms with van der Waals surface area (Å²) in [6.07, 6.45) is 0.846. The van der Waals surface area contributed by atoms with Crippen LogP contribution in [-0.4, -0.2) is 10.1 Å². The molecule has 2 unspecified atom stereocenters. The molecule has 1 aromatic heterocycles. The Morgan fingerprint density at radius 2 is 2.18 bits per heavy atom. The van der Waals surface area contributed by atoms with Crippen LogP contribution in [0.25, 0.3) is 0 Å². The molecule has 94 valence electrons. The summed E-state index contributed by atoms with van der Waals surface area (Å²) < 4.78 is 0. The Labute approximate surface area is 107 Å². The van der Waals surface area contributed by atoms with Crippen molar-refractivity contribution in [2.24, 2.45) is 5.92 Å². The number of rotatable bonds is 4. The highest BCUT2D eigenvalue weighted by atomic mass is 32.1. The Morgan fingerprint density at radius 3 is 2.59 bits per heavy atom. The minimum Gasteiger partial charge on any atom is -0.385 e. The SMILES string of the molecule is CCCC(C#N)C(O)c1csc(C(C)(C)C)n1. The molecule has 4 heteroatoms. The van der Waals surface area contributed by atoms with E-state index in [-0.39, 0.29) is 11.3 Å². The smallest absolute Gasteiger partial charge is 0.113 e. The van der Waals surface area contributed by atoms with Crippen LogP contribution in [0.2, 0.25) is 0 Å². The third-order valence-corrected chi connectivity index (χ3v) is 3.90. The average molecular weight is 252 g/mol. The largest absolute Gasteiger partial charge is 0.385 e. The van der Waals surface area contributed by atoms with Crippen molar-refractivity contribution in [2.75, 3.05) is 0 Å². The lowest BCUT2D eigenvalue weighted by molar-refractivity contribution is 0.126. The van der Waals surface area contributed by atoms with E-state index >= 15 is 0 Å². The lowest BCUT2D eigenvalue weighted by atomic mass is 9.96. The molecule has 1 rings (SSSR count). The van der Waals surface area contributed by atoms with Gasteiger partial charge in [-0.05, 0) is 6.42 Å². The molecule has 0 spiro atoms. The number of hydrogen-bond acceptors (Lipinski definition) is 4. The molecule has 0 saturated carbocycles. The highest BCUT2D eigenvalue weighted by molar-refractivity contribution is 7.09. The van der Waals surface area contributed by atoms with E-state index in [2.05, 4.69) is 31.8 Å². The zero-order valence-corrected chi connectivity index (χ0v) is 11.7. The van der Waals surface area contributed by atoms with Crippen molar-refractivity contribution in [2.45, 2.75) is 52.1 Å². The third-order valence-electron chi connectivity index (χ3n) is 2.61. The van der Waals surface area contributed by atoms with Crippen LogP contribution in [0.15, 0.2) is 5.38 Å². The predicted molar refractivity (Wildman–Crippen MR) is 69.8 cm³/mol. The molecule has 0 aliphatic carbocycles. The summed E-state index contributed by atoms with van der Waals surface area (Å²) in [5.41, 5.74) is 0.634. The van der Waals surface area contributed by atoms with E-state index in [1.54, 1.807) is 11.3 Å². The molecule has 3 nitrogen and oxygen atoms in total. The fourth-order valence-electron chi connectivity index (χ4n) is 1.58. The Hall–Kier alpha value is -0.920. The van der Waals surface area contributed by atoms with Crippen LogP contribution in [0.3, 0.4) is 0 Å². The molecule has 0 aromatic carbocycles. The first-order chi connectivity index (χ1) is 7.90. The van der Waals surface area contributed by atoms with Gasteiger partial charge in [-0.3, -0.25) is 0 Å². The molecule has 17 heavy (non-hydrogen) atoms. The van der Waals surface area contributed by atoms with Gasteiger partial charge in [0.15, 0.2) is 0 Å². The average Bonchev–Trinajstić information content (AvgIpc) is 2.73. The quantitative estimate of drug-likeness (QED) is 0.893. The van der Waals surface area contributed by atoms with E-state index in [0.717, 1.165) is 11.4 Å². The van der Waals surface area contributed by atoms with Gasteiger partial charge < -0.3 is 5.11 Å². The number of nitriles is 1. The molecule has 1 N–H and O–H groups in total. The Bertz CT molecular complexity index is 400. The molecule has 1 aromatic rings. The second-order valence-electron chi connectivity index (χ2n) is 5.30. The maximum Gasteiger partial charge on any atom is 0.113 e. The van der Waals surface area contributed by atoms with E-state index in [0.29, 0.717) is 12.1 Å². The van der Waals surface area contributed by atoms with Crippen LogP contribution in [0.5, 0.6) is 0 Å². The molecule has 0 fully saturated rings. The highest BCUT2D eigenvalue weighted by Crippen LogP contribution is 2.31. The van der Waals surface area contributed by atoms with Gasteiger partial charge in [-0.25, -0.2) is 4.98 Å². The lowest BCUT2D eigenvalue weighted by Gasteiger charge is -2.15. The minimum absolute atomic E-state index is 0.00443. The Balaban J connectivity index is 2.86. The summed E-state index contributed by atoms with van der Waals surface area (Å²) in [7, 11) is 0. The number of nitrogens with zero attached hydrogens (tertiary/aromatic N) is 2. The summed E-state index contributed by atoms with van der Waals surface area (Å²) in [5, 5.41) is 22.0. The molecule has 0 bridgehead atoms. The first kappa shape index (κ1) is 14.1. The molecular weight excluding hydrogens is 232 g/mol. The summed E-state index contributed by atoms with van der Waals surface area (Å²) >= 11 is 1.55. The lowest BCUT2D eigenvalue weighted by Crippen LogP contribution is -2.14. The fourth-order valence-corrected chi connectivity index (χ4v) is 2.51. The van der Waals surface area contributed by atoms with Gasteiger partial charge in [0, 0.05) is 10.8 Å². The highest BCUT2D eigenvalue weighted by Gasteiger charge is 2.25. The fraction of sp³-hybridized carbons (Fsp3) is 0.692. The molecule has 0 amide bonds. The van der Waals surface area contributed by atoms with Crippen LogP contribution in [0, 0.1) is 17.2 Å². The van der Waals surface area contributed by atoms with Crippen LogP contribution in [0.4, 0.5) is 0 Å². The third kappa shape index (κ3) is 3.52. The van der Waals surface area contributed by atoms with E-state index in [9.17, 15) is 5.11 Å². The van der Waals surface area contributed by atoms with Gasteiger partial charge in [0.05, 0.1) is 22.7 Å². The number of aromatic nitrogens is 1. The second-order valence-corrected chi connectivity index (χ2v) is 6.15. The van der Waals surface area contributed by atoms with E-state index in [4.69, 9.17) is 5.26 Å². The standard InChI is InChI=1S/C13H20N2OS/c1-5-6-9(7-14)11(16)10-8-17-12(15-10)13(2,3)4/h8-9,11,16H,5-6H2,1-4H3. The van der Waals surface area contributed by atoms with Crippen molar-refractivity contribution in [1.29, 1.82) is 5.26 Å². The van der Waals surface area contributed by atoms with Gasteiger partial charge in [0.1, 0.15) is 6.10 Å². The number of aliphatic hydroxyl groups is 1. The van der Waals surface area contributed by atoms with Gasteiger partial charge in [0.2, 0.25) is 0 Å². The van der Waals surface area contributed by atoms with Gasteiger partial charge >= 0.3 is 0 Å². The molecular formula is C13H20N2OS. The van der Waals surface area contributed by atoms with Crippen molar-refractivity contribution < 1.29 is 5.11 Å². The van der Waals surface area contributed by atoms with Crippen molar-refractivity contribution in [1.82, 2.24) is 4.98 Å². The maximum absolute atomic E-state index is 10.1. The predicted octanol–water partition coefficient (Wildman–Crippen LogP) is 3.41. The molecule has 0 radical (unpaired) electrons. The minimum atomic E-state index is -0.757. The zero-order valence-electron chi connectivity index (χ0n) is 10.9. The van der Waals surface area contributed by atoms with Gasteiger partial charge in [-0.15, -0.1) is 11.3 Å². The second kappa shape index (κ2) is 5.61. The molecule has 2 atom stereocenters.